The fraction of sp³-hybridized carbons (Fsp3) is 0.125. The second kappa shape index (κ2) is 5.36. The largest absolute Gasteiger partial charge is 0.481 e. The van der Waals surface area contributed by atoms with E-state index in [0.29, 0.717) is 16.9 Å². The average molecular weight is 284 g/mol. The third kappa shape index (κ3) is 2.63. The zero-order valence-electron chi connectivity index (χ0n) is 11.1. The first-order valence-corrected chi connectivity index (χ1v) is 6.54. The predicted octanol–water partition coefficient (Wildman–Crippen LogP) is 2.88. The van der Waals surface area contributed by atoms with Gasteiger partial charge < -0.3 is 9.51 Å². The van der Waals surface area contributed by atoms with Crippen molar-refractivity contribution >= 4 is 11.6 Å². The van der Waals surface area contributed by atoms with Gasteiger partial charge in [-0.15, -0.1) is 0 Å². The first-order chi connectivity index (χ1) is 10.1. The van der Waals surface area contributed by atoms with Crippen molar-refractivity contribution < 1.29 is 14.3 Å². The molecule has 0 amide bonds. The average Bonchev–Trinajstić information content (AvgIpc) is 2.93. The molecule has 0 saturated heterocycles. The number of nitrogens with zero attached hydrogens (tertiary/aromatic N) is 2. The second-order valence-corrected chi connectivity index (χ2v) is 4.83. The van der Waals surface area contributed by atoms with E-state index in [1.807, 2.05) is 6.07 Å². The molecular weight excluding hydrogens is 271 g/mol. The first-order valence-electron chi connectivity index (χ1n) is 6.54. The van der Waals surface area contributed by atoms with Gasteiger partial charge in [-0.2, -0.15) is 0 Å². The number of aliphatic carboxylic acids is 1. The van der Waals surface area contributed by atoms with Crippen LogP contribution in [0.25, 0.3) is 5.65 Å². The van der Waals surface area contributed by atoms with Crippen molar-refractivity contribution in [1.29, 1.82) is 0 Å². The Morgan fingerprint density at radius 2 is 2.10 bits per heavy atom. The summed E-state index contributed by atoms with van der Waals surface area (Å²) in [6.45, 7) is 0. The van der Waals surface area contributed by atoms with Gasteiger partial charge >= 0.3 is 5.97 Å². The number of aromatic nitrogens is 2. The van der Waals surface area contributed by atoms with E-state index in [1.54, 1.807) is 41.1 Å². The normalized spacial score (nSPS) is 12.4. The van der Waals surface area contributed by atoms with E-state index in [9.17, 15) is 14.3 Å². The molecule has 0 bridgehead atoms. The monoisotopic (exact) mass is 284 g/mol. The minimum Gasteiger partial charge on any atom is -0.481 e. The first kappa shape index (κ1) is 13.3. The SMILES string of the molecule is O=C(O)C(Cc1cccc(F)c1)c1cccc2nccn12. The van der Waals surface area contributed by atoms with E-state index >= 15 is 0 Å². The molecule has 0 aliphatic heterocycles. The molecule has 0 aliphatic carbocycles. The number of hydrogen-bond acceptors (Lipinski definition) is 2. The van der Waals surface area contributed by atoms with E-state index in [-0.39, 0.29) is 12.2 Å². The third-order valence-electron chi connectivity index (χ3n) is 3.44. The summed E-state index contributed by atoms with van der Waals surface area (Å²) in [6, 6.07) is 11.4. The van der Waals surface area contributed by atoms with E-state index in [2.05, 4.69) is 4.98 Å². The highest BCUT2D eigenvalue weighted by Gasteiger charge is 2.23. The number of carboxylic acid groups (broad SMARTS) is 1. The van der Waals surface area contributed by atoms with Gasteiger partial charge in [0.2, 0.25) is 0 Å². The van der Waals surface area contributed by atoms with Crippen LogP contribution in [0.2, 0.25) is 0 Å². The number of carboxylic acids is 1. The number of rotatable bonds is 4. The van der Waals surface area contributed by atoms with Crippen LogP contribution >= 0.6 is 0 Å². The Bertz CT molecular complexity index is 798. The topological polar surface area (TPSA) is 54.6 Å². The van der Waals surface area contributed by atoms with Crippen molar-refractivity contribution in [2.45, 2.75) is 12.3 Å². The van der Waals surface area contributed by atoms with E-state index in [4.69, 9.17) is 0 Å². The number of carbonyl (C=O) groups is 1. The molecular formula is C16H13FN2O2. The van der Waals surface area contributed by atoms with Crippen molar-refractivity contribution in [2.75, 3.05) is 0 Å². The molecule has 3 rings (SSSR count). The highest BCUT2D eigenvalue weighted by Crippen LogP contribution is 2.22. The quantitative estimate of drug-likeness (QED) is 0.801. The number of hydrogen-bond donors (Lipinski definition) is 1. The zero-order valence-corrected chi connectivity index (χ0v) is 11.1. The fourth-order valence-electron chi connectivity index (χ4n) is 2.47. The molecule has 4 nitrogen and oxygen atoms in total. The standard InChI is InChI=1S/C16H13FN2O2/c17-12-4-1-3-11(9-12)10-13(16(20)21)14-5-2-6-15-18-7-8-19(14)15/h1-9,13H,10H2,(H,20,21). The van der Waals surface area contributed by atoms with Crippen LogP contribution in [0, 0.1) is 5.82 Å². The Morgan fingerprint density at radius 1 is 1.29 bits per heavy atom. The summed E-state index contributed by atoms with van der Waals surface area (Å²) in [5.74, 6) is -2.07. The Labute approximate surface area is 120 Å². The fourth-order valence-corrected chi connectivity index (χ4v) is 2.47. The van der Waals surface area contributed by atoms with Crippen LogP contribution in [0.15, 0.2) is 54.9 Å². The molecule has 1 unspecified atom stereocenters. The summed E-state index contributed by atoms with van der Waals surface area (Å²) in [7, 11) is 0. The number of fused-ring (bicyclic) bond motifs is 1. The molecule has 2 aromatic heterocycles. The number of benzene rings is 1. The maximum Gasteiger partial charge on any atom is 0.312 e. The van der Waals surface area contributed by atoms with Crippen molar-refractivity contribution in [3.05, 3.63) is 71.9 Å². The van der Waals surface area contributed by atoms with Crippen LogP contribution in [-0.4, -0.2) is 20.5 Å². The zero-order chi connectivity index (χ0) is 14.8. The lowest BCUT2D eigenvalue weighted by molar-refractivity contribution is -0.138. The molecule has 1 N–H and O–H groups in total. The molecule has 0 saturated carbocycles. The van der Waals surface area contributed by atoms with Gasteiger partial charge in [0.05, 0.1) is 0 Å². The maximum atomic E-state index is 13.3. The third-order valence-corrected chi connectivity index (χ3v) is 3.44. The van der Waals surface area contributed by atoms with Crippen LogP contribution in [0.5, 0.6) is 0 Å². The summed E-state index contributed by atoms with van der Waals surface area (Å²) in [5.41, 5.74) is 1.97. The van der Waals surface area contributed by atoms with E-state index < -0.39 is 11.9 Å². The van der Waals surface area contributed by atoms with Gasteiger partial charge in [-0.05, 0) is 36.2 Å². The maximum absolute atomic E-state index is 13.3. The van der Waals surface area contributed by atoms with Crippen LogP contribution in [0.1, 0.15) is 17.2 Å². The van der Waals surface area contributed by atoms with Gasteiger partial charge in [0.15, 0.2) is 0 Å². The molecule has 0 spiro atoms. The lowest BCUT2D eigenvalue weighted by Gasteiger charge is -2.15. The van der Waals surface area contributed by atoms with Gasteiger partial charge in [0.1, 0.15) is 17.4 Å². The van der Waals surface area contributed by atoms with E-state index in [0.717, 1.165) is 0 Å². The van der Waals surface area contributed by atoms with Crippen molar-refractivity contribution in [2.24, 2.45) is 0 Å². The van der Waals surface area contributed by atoms with Gasteiger partial charge in [-0.3, -0.25) is 4.79 Å². The number of imidazole rings is 1. The minimum atomic E-state index is -0.944. The smallest absolute Gasteiger partial charge is 0.312 e. The van der Waals surface area contributed by atoms with Gasteiger partial charge in [-0.1, -0.05) is 18.2 Å². The Morgan fingerprint density at radius 3 is 2.86 bits per heavy atom. The van der Waals surface area contributed by atoms with Gasteiger partial charge in [0.25, 0.3) is 0 Å². The molecule has 21 heavy (non-hydrogen) atoms. The molecule has 5 heteroatoms. The highest BCUT2D eigenvalue weighted by molar-refractivity contribution is 5.76. The van der Waals surface area contributed by atoms with Crippen LogP contribution in [-0.2, 0) is 11.2 Å². The minimum absolute atomic E-state index is 0.227. The highest BCUT2D eigenvalue weighted by atomic mass is 19.1. The van der Waals surface area contributed by atoms with Crippen molar-refractivity contribution in [3.8, 4) is 0 Å². The molecule has 1 atom stereocenters. The summed E-state index contributed by atoms with van der Waals surface area (Å²) in [4.78, 5) is 15.8. The molecule has 106 valence electrons. The van der Waals surface area contributed by atoms with Crippen LogP contribution in [0.3, 0.4) is 0 Å². The van der Waals surface area contributed by atoms with Crippen molar-refractivity contribution in [3.63, 3.8) is 0 Å². The van der Waals surface area contributed by atoms with Gasteiger partial charge in [0, 0.05) is 18.1 Å². The lowest BCUT2D eigenvalue weighted by atomic mass is 9.95. The Hall–Kier alpha value is -2.69. The summed E-state index contributed by atoms with van der Waals surface area (Å²) >= 11 is 0. The number of halogens is 1. The Balaban J connectivity index is 2.02. The predicted molar refractivity (Wildman–Crippen MR) is 75.7 cm³/mol. The number of pyridine rings is 1. The molecule has 0 aliphatic rings. The van der Waals surface area contributed by atoms with Gasteiger partial charge in [-0.25, -0.2) is 9.37 Å². The molecule has 0 radical (unpaired) electrons. The van der Waals surface area contributed by atoms with Crippen LogP contribution < -0.4 is 0 Å². The molecule has 1 aromatic carbocycles. The second-order valence-electron chi connectivity index (χ2n) is 4.83. The molecule has 3 aromatic rings. The molecule has 0 fully saturated rings. The summed E-state index contributed by atoms with van der Waals surface area (Å²) in [5, 5.41) is 9.53. The van der Waals surface area contributed by atoms with E-state index in [1.165, 1.54) is 12.1 Å². The molecule has 2 heterocycles. The Kier molecular flexibility index (Phi) is 3.39. The van der Waals surface area contributed by atoms with Crippen molar-refractivity contribution in [1.82, 2.24) is 9.38 Å². The van der Waals surface area contributed by atoms with Crippen LogP contribution in [0.4, 0.5) is 4.39 Å². The summed E-state index contributed by atoms with van der Waals surface area (Å²) < 4.78 is 15.0. The lowest BCUT2D eigenvalue weighted by Crippen LogP contribution is -2.17. The summed E-state index contributed by atoms with van der Waals surface area (Å²) in [6.07, 6.45) is 3.58.